The van der Waals surface area contributed by atoms with E-state index >= 15 is 0 Å². The summed E-state index contributed by atoms with van der Waals surface area (Å²) in [6.07, 6.45) is 4.19. The van der Waals surface area contributed by atoms with E-state index in [4.69, 9.17) is 4.74 Å². The molecule has 0 radical (unpaired) electrons. The minimum Gasteiger partial charge on any atom is -0.379 e. The molecule has 1 rings (SSSR count). The second-order valence-electron chi connectivity index (χ2n) is 7.35. The van der Waals surface area contributed by atoms with Gasteiger partial charge in [0.05, 0.1) is 6.10 Å². The average Bonchev–Trinajstić information content (AvgIpc) is 2.46. The van der Waals surface area contributed by atoms with E-state index in [1.54, 1.807) is 7.11 Å². The number of nitrogens with one attached hydrogen (secondary N) is 2. The van der Waals surface area contributed by atoms with Crippen molar-refractivity contribution in [1.82, 2.24) is 15.5 Å². The van der Waals surface area contributed by atoms with Gasteiger partial charge in [-0.1, -0.05) is 27.2 Å². The SMILES string of the molecule is CN=C(NCCN1CCCCC1C)NCC(OC)C(C)(C)C.I. The van der Waals surface area contributed by atoms with E-state index in [2.05, 4.69) is 48.2 Å². The van der Waals surface area contributed by atoms with Crippen LogP contribution in [-0.2, 0) is 4.74 Å². The molecule has 1 aliphatic rings. The normalized spacial score (nSPS) is 21.5. The number of aliphatic imine (C=N–C) groups is 1. The molecule has 2 N–H and O–H groups in total. The van der Waals surface area contributed by atoms with Crippen LogP contribution in [-0.4, -0.2) is 63.3 Å². The lowest BCUT2D eigenvalue weighted by atomic mass is 9.89. The van der Waals surface area contributed by atoms with E-state index in [0.717, 1.165) is 25.6 Å². The third kappa shape index (κ3) is 8.54. The smallest absolute Gasteiger partial charge is 0.191 e. The molecule has 5 nitrogen and oxygen atoms in total. The van der Waals surface area contributed by atoms with Gasteiger partial charge < -0.3 is 15.4 Å². The van der Waals surface area contributed by atoms with E-state index in [9.17, 15) is 0 Å². The van der Waals surface area contributed by atoms with Gasteiger partial charge in [-0.05, 0) is 31.7 Å². The summed E-state index contributed by atoms with van der Waals surface area (Å²) < 4.78 is 5.57. The number of likely N-dealkylation sites (tertiary alicyclic amines) is 1. The molecule has 0 aromatic rings. The zero-order valence-electron chi connectivity index (χ0n) is 15.8. The lowest BCUT2D eigenvalue weighted by Crippen LogP contribution is -2.48. The van der Waals surface area contributed by atoms with Gasteiger partial charge in [-0.15, -0.1) is 24.0 Å². The molecule has 138 valence electrons. The molecule has 0 amide bonds. The summed E-state index contributed by atoms with van der Waals surface area (Å²) >= 11 is 0. The molecule has 0 aromatic carbocycles. The molecule has 1 saturated heterocycles. The second kappa shape index (κ2) is 11.5. The van der Waals surface area contributed by atoms with Gasteiger partial charge in [-0.2, -0.15) is 0 Å². The molecule has 1 heterocycles. The van der Waals surface area contributed by atoms with Crippen molar-refractivity contribution in [2.24, 2.45) is 10.4 Å². The van der Waals surface area contributed by atoms with Crippen LogP contribution in [0.5, 0.6) is 0 Å². The molecular formula is C17H37IN4O. The third-order valence-electron chi connectivity index (χ3n) is 4.56. The maximum atomic E-state index is 5.57. The molecule has 23 heavy (non-hydrogen) atoms. The molecule has 6 heteroatoms. The summed E-state index contributed by atoms with van der Waals surface area (Å²) in [7, 11) is 3.59. The molecule has 0 bridgehead atoms. The minimum absolute atomic E-state index is 0. The minimum atomic E-state index is 0. The first-order valence-corrected chi connectivity index (χ1v) is 8.60. The van der Waals surface area contributed by atoms with Gasteiger partial charge in [-0.25, -0.2) is 0 Å². The topological polar surface area (TPSA) is 48.9 Å². The van der Waals surface area contributed by atoms with Gasteiger partial charge in [0.25, 0.3) is 0 Å². The van der Waals surface area contributed by atoms with Crippen molar-refractivity contribution in [3.05, 3.63) is 0 Å². The van der Waals surface area contributed by atoms with Gasteiger partial charge in [0, 0.05) is 39.8 Å². The highest BCUT2D eigenvalue weighted by Crippen LogP contribution is 2.20. The van der Waals surface area contributed by atoms with E-state index in [1.807, 2.05) is 7.05 Å². The van der Waals surface area contributed by atoms with Crippen molar-refractivity contribution >= 4 is 29.9 Å². The fourth-order valence-electron chi connectivity index (χ4n) is 2.96. The largest absolute Gasteiger partial charge is 0.379 e. The van der Waals surface area contributed by atoms with Gasteiger partial charge in [-0.3, -0.25) is 9.89 Å². The van der Waals surface area contributed by atoms with Crippen LogP contribution in [0, 0.1) is 5.41 Å². The Morgan fingerprint density at radius 3 is 2.52 bits per heavy atom. The molecule has 0 saturated carbocycles. The van der Waals surface area contributed by atoms with Crippen LogP contribution >= 0.6 is 24.0 Å². The number of halogens is 1. The van der Waals surface area contributed by atoms with E-state index in [0.29, 0.717) is 6.04 Å². The summed E-state index contributed by atoms with van der Waals surface area (Å²) in [5.41, 5.74) is 0.115. The summed E-state index contributed by atoms with van der Waals surface area (Å²) in [4.78, 5) is 6.86. The maximum absolute atomic E-state index is 5.57. The van der Waals surface area contributed by atoms with Crippen molar-refractivity contribution in [2.45, 2.75) is 59.1 Å². The quantitative estimate of drug-likeness (QED) is 0.379. The Morgan fingerprint density at radius 2 is 2.00 bits per heavy atom. The zero-order valence-corrected chi connectivity index (χ0v) is 18.1. The van der Waals surface area contributed by atoms with Crippen molar-refractivity contribution in [1.29, 1.82) is 0 Å². The molecule has 0 spiro atoms. The van der Waals surface area contributed by atoms with Crippen LogP contribution in [0.25, 0.3) is 0 Å². The van der Waals surface area contributed by atoms with Crippen molar-refractivity contribution in [3.63, 3.8) is 0 Å². The van der Waals surface area contributed by atoms with Crippen LogP contribution in [0.1, 0.15) is 47.0 Å². The van der Waals surface area contributed by atoms with E-state index in [1.165, 1.54) is 25.8 Å². The Bertz CT molecular complexity index is 344. The van der Waals surface area contributed by atoms with Crippen LogP contribution in [0.4, 0.5) is 0 Å². The molecule has 0 aliphatic carbocycles. The number of piperidine rings is 1. The number of guanidine groups is 1. The number of nitrogens with zero attached hydrogens (tertiary/aromatic N) is 2. The second-order valence-corrected chi connectivity index (χ2v) is 7.35. The highest BCUT2D eigenvalue weighted by molar-refractivity contribution is 14.0. The van der Waals surface area contributed by atoms with Gasteiger partial charge in [0.2, 0.25) is 0 Å². The summed E-state index contributed by atoms with van der Waals surface area (Å²) in [6, 6.07) is 0.712. The number of methoxy groups -OCH3 is 1. The van der Waals surface area contributed by atoms with Crippen molar-refractivity contribution < 1.29 is 4.74 Å². The standard InChI is InChI=1S/C17H36N4O.HI/c1-14-9-7-8-11-21(14)12-10-19-16(18-5)20-13-15(22-6)17(2,3)4;/h14-15H,7-13H2,1-6H3,(H2,18,19,20);1H. The highest BCUT2D eigenvalue weighted by atomic mass is 127. The zero-order chi connectivity index (χ0) is 16.6. The lowest BCUT2D eigenvalue weighted by molar-refractivity contribution is 0.0205. The summed E-state index contributed by atoms with van der Waals surface area (Å²) in [5, 5.41) is 6.78. The molecule has 2 unspecified atom stereocenters. The van der Waals surface area contributed by atoms with Gasteiger partial charge in [0.15, 0.2) is 5.96 Å². The first-order chi connectivity index (χ1) is 10.4. The van der Waals surface area contributed by atoms with Crippen molar-refractivity contribution in [3.8, 4) is 0 Å². The number of hydrogen-bond donors (Lipinski definition) is 2. The van der Waals surface area contributed by atoms with Crippen LogP contribution in [0.3, 0.4) is 0 Å². The monoisotopic (exact) mass is 440 g/mol. The Balaban J connectivity index is 0.00000484. The van der Waals surface area contributed by atoms with Gasteiger partial charge >= 0.3 is 0 Å². The van der Waals surface area contributed by atoms with Crippen molar-refractivity contribution in [2.75, 3.05) is 40.3 Å². The third-order valence-corrected chi connectivity index (χ3v) is 4.56. The summed E-state index contributed by atoms with van der Waals surface area (Å²) in [5.74, 6) is 0.857. The number of ether oxygens (including phenoxy) is 1. The number of hydrogen-bond acceptors (Lipinski definition) is 3. The Labute approximate surface area is 160 Å². The van der Waals surface area contributed by atoms with Crippen LogP contribution in [0.15, 0.2) is 4.99 Å². The van der Waals surface area contributed by atoms with Crippen LogP contribution in [0.2, 0.25) is 0 Å². The molecular weight excluding hydrogens is 403 g/mol. The Hall–Kier alpha value is -0.0800. The Morgan fingerprint density at radius 1 is 1.30 bits per heavy atom. The fraction of sp³-hybridized carbons (Fsp3) is 0.941. The predicted molar refractivity (Wildman–Crippen MR) is 110 cm³/mol. The molecule has 1 fully saturated rings. The summed E-state index contributed by atoms with van der Waals surface area (Å²) in [6.45, 7) is 12.9. The maximum Gasteiger partial charge on any atom is 0.191 e. The first kappa shape index (κ1) is 22.9. The predicted octanol–water partition coefficient (Wildman–Crippen LogP) is 2.70. The van der Waals surface area contributed by atoms with Gasteiger partial charge in [0.1, 0.15) is 0 Å². The molecule has 0 aromatic heterocycles. The molecule has 2 atom stereocenters. The van der Waals surface area contributed by atoms with E-state index < -0.39 is 0 Å². The van der Waals surface area contributed by atoms with Crippen LogP contribution < -0.4 is 10.6 Å². The lowest BCUT2D eigenvalue weighted by Gasteiger charge is -2.33. The fourth-order valence-corrected chi connectivity index (χ4v) is 2.96. The Kier molecular flexibility index (Phi) is 11.4. The number of rotatable bonds is 6. The highest BCUT2D eigenvalue weighted by Gasteiger charge is 2.24. The van der Waals surface area contributed by atoms with E-state index in [-0.39, 0.29) is 35.5 Å². The average molecular weight is 440 g/mol. The first-order valence-electron chi connectivity index (χ1n) is 8.60. The molecule has 1 aliphatic heterocycles.